The van der Waals surface area contributed by atoms with Crippen LogP contribution in [0.3, 0.4) is 0 Å². The van der Waals surface area contributed by atoms with Gasteiger partial charge in [-0.05, 0) is 89.0 Å². The van der Waals surface area contributed by atoms with Crippen molar-refractivity contribution in [2.75, 3.05) is 0 Å². The summed E-state index contributed by atoms with van der Waals surface area (Å²) < 4.78 is 17.8. The molecule has 14 rings (SSSR count). The van der Waals surface area contributed by atoms with Crippen molar-refractivity contribution in [3.8, 4) is 44.8 Å². The van der Waals surface area contributed by atoms with Crippen LogP contribution in [0, 0.1) is 0 Å². The van der Waals surface area contributed by atoms with Gasteiger partial charge in [-0.25, -0.2) is 0 Å². The summed E-state index contributed by atoms with van der Waals surface area (Å²) in [5.74, 6) is 0. The maximum Gasteiger partial charge on any atom is 0.143 e. The minimum absolute atomic E-state index is 0.900. The van der Waals surface area contributed by atoms with Gasteiger partial charge in [-0.1, -0.05) is 152 Å². The average molecular weight is 817 g/mol. The molecule has 4 nitrogen and oxygen atoms in total. The topological polar surface area (TPSA) is 36.1 Å². The zero-order chi connectivity index (χ0) is 41.9. The van der Waals surface area contributed by atoms with Gasteiger partial charge in [0.2, 0.25) is 0 Å². The van der Waals surface area contributed by atoms with Gasteiger partial charge in [0.1, 0.15) is 22.3 Å². The minimum Gasteiger partial charge on any atom is -0.455 e. The first kappa shape index (κ1) is 35.0. The average Bonchev–Trinajstić information content (AvgIpc) is 4.11. The first-order chi connectivity index (χ1) is 31.7. The molecule has 0 radical (unpaired) electrons. The van der Waals surface area contributed by atoms with Crippen LogP contribution in [0.2, 0.25) is 0 Å². The predicted octanol–water partition coefficient (Wildman–Crippen LogP) is 16.7. The van der Waals surface area contributed by atoms with E-state index in [0.29, 0.717) is 0 Å². The van der Waals surface area contributed by atoms with Crippen molar-refractivity contribution in [1.82, 2.24) is 9.13 Å². The molecule has 10 aromatic carbocycles. The van der Waals surface area contributed by atoms with Crippen molar-refractivity contribution in [2.45, 2.75) is 0 Å². The third-order valence-corrected chi connectivity index (χ3v) is 13.3. The number of furan rings is 2. The van der Waals surface area contributed by atoms with Gasteiger partial charge in [-0.2, -0.15) is 0 Å². The van der Waals surface area contributed by atoms with Gasteiger partial charge in [-0.3, -0.25) is 0 Å². The van der Waals surface area contributed by atoms with E-state index in [0.717, 1.165) is 99.7 Å². The summed E-state index contributed by atoms with van der Waals surface area (Å²) in [6.07, 6.45) is 0. The number of rotatable bonds is 5. The number of hydrogen-bond acceptors (Lipinski definition) is 2. The summed E-state index contributed by atoms with van der Waals surface area (Å²) in [7, 11) is 0. The molecule has 4 heterocycles. The second-order valence-corrected chi connectivity index (χ2v) is 16.8. The van der Waals surface area contributed by atoms with Crippen LogP contribution in [0.5, 0.6) is 0 Å². The molecular weight excluding hydrogens is 781 g/mol. The Morgan fingerprint density at radius 3 is 1.34 bits per heavy atom. The van der Waals surface area contributed by atoms with Crippen LogP contribution >= 0.6 is 0 Å². The molecule has 0 atom stereocenters. The fourth-order valence-corrected chi connectivity index (χ4v) is 10.4. The van der Waals surface area contributed by atoms with Gasteiger partial charge in [0.05, 0.1) is 22.1 Å². The number of nitrogens with zero attached hydrogens (tertiary/aromatic N) is 2. The van der Waals surface area contributed by atoms with Crippen LogP contribution in [-0.4, -0.2) is 9.13 Å². The number of aromatic nitrogens is 2. The van der Waals surface area contributed by atoms with Crippen molar-refractivity contribution in [1.29, 1.82) is 0 Å². The molecule has 0 saturated carbocycles. The van der Waals surface area contributed by atoms with Crippen LogP contribution in [0.15, 0.2) is 227 Å². The van der Waals surface area contributed by atoms with Gasteiger partial charge in [0, 0.05) is 65.6 Å². The lowest BCUT2D eigenvalue weighted by atomic mass is 9.99. The Morgan fingerprint density at radius 2 is 0.703 bits per heavy atom. The highest BCUT2D eigenvalue weighted by Crippen LogP contribution is 2.42. The number of fused-ring (bicyclic) bond motifs is 12. The first-order valence-corrected chi connectivity index (χ1v) is 21.8. The van der Waals surface area contributed by atoms with E-state index in [9.17, 15) is 0 Å². The molecule has 0 N–H and O–H groups in total. The molecule has 0 aliphatic heterocycles. The molecule has 64 heavy (non-hydrogen) atoms. The monoisotopic (exact) mass is 816 g/mol. The third-order valence-electron chi connectivity index (χ3n) is 13.3. The Bertz CT molecular complexity index is 4180. The van der Waals surface area contributed by atoms with E-state index in [-0.39, 0.29) is 0 Å². The fraction of sp³-hybridized carbons (Fsp3) is 0. The molecule has 0 saturated heterocycles. The van der Waals surface area contributed by atoms with E-state index in [1.54, 1.807) is 0 Å². The lowest BCUT2D eigenvalue weighted by Gasteiger charge is -2.11. The molecule has 0 amide bonds. The molecule has 4 heteroatoms. The summed E-state index contributed by atoms with van der Waals surface area (Å²) in [4.78, 5) is 0. The number of hydrogen-bond donors (Lipinski definition) is 0. The third kappa shape index (κ3) is 5.11. The zero-order valence-corrected chi connectivity index (χ0v) is 34.5. The zero-order valence-electron chi connectivity index (χ0n) is 34.5. The van der Waals surface area contributed by atoms with E-state index in [2.05, 4.69) is 209 Å². The highest BCUT2D eigenvalue weighted by atomic mass is 16.3. The minimum atomic E-state index is 0.900. The van der Waals surface area contributed by atoms with Crippen LogP contribution in [-0.2, 0) is 0 Å². The van der Waals surface area contributed by atoms with Crippen molar-refractivity contribution in [3.05, 3.63) is 218 Å². The van der Waals surface area contributed by atoms with Crippen LogP contribution < -0.4 is 0 Å². The molecule has 0 aliphatic carbocycles. The van der Waals surface area contributed by atoms with E-state index in [1.165, 1.54) is 32.6 Å². The Balaban J connectivity index is 0.970. The fourth-order valence-electron chi connectivity index (χ4n) is 10.4. The largest absolute Gasteiger partial charge is 0.455 e. The second kappa shape index (κ2) is 13.4. The maximum absolute atomic E-state index is 6.54. The van der Waals surface area contributed by atoms with E-state index >= 15 is 0 Å². The van der Waals surface area contributed by atoms with Gasteiger partial charge in [0.25, 0.3) is 0 Å². The lowest BCUT2D eigenvalue weighted by molar-refractivity contribution is 0.669. The summed E-state index contributed by atoms with van der Waals surface area (Å²) in [6, 6.07) is 78.6. The van der Waals surface area contributed by atoms with Gasteiger partial charge < -0.3 is 18.0 Å². The summed E-state index contributed by atoms with van der Waals surface area (Å²) >= 11 is 0. The van der Waals surface area contributed by atoms with Gasteiger partial charge in [0.15, 0.2) is 0 Å². The molecule has 298 valence electrons. The van der Waals surface area contributed by atoms with Crippen molar-refractivity contribution in [3.63, 3.8) is 0 Å². The molecular formula is C60H36N2O2. The van der Waals surface area contributed by atoms with Gasteiger partial charge in [-0.15, -0.1) is 0 Å². The molecule has 0 spiro atoms. The van der Waals surface area contributed by atoms with Crippen LogP contribution in [0.1, 0.15) is 0 Å². The van der Waals surface area contributed by atoms with E-state index in [1.807, 2.05) is 18.2 Å². The van der Waals surface area contributed by atoms with E-state index in [4.69, 9.17) is 8.83 Å². The van der Waals surface area contributed by atoms with Gasteiger partial charge >= 0.3 is 0 Å². The Hall–Kier alpha value is -8.60. The summed E-state index contributed by atoms with van der Waals surface area (Å²) in [5, 5.41) is 9.38. The Kier molecular flexibility index (Phi) is 7.36. The standard InChI is InChI=1S/C60H36N2O2/c1-2-12-41(13-3-1)61-53-21-7-4-14-45(53)46-31-26-38(35-55(46)61)39-27-32-47-52-34-40(44-18-11-20-51-49-16-6-9-23-58(49)64-60(44)51)28-33-54(52)62(56(47)36-39)42-29-24-37(25-30-42)43-17-10-19-50-48-15-5-8-22-57(48)63-59(43)50/h1-36H. The predicted molar refractivity (Wildman–Crippen MR) is 266 cm³/mol. The maximum atomic E-state index is 6.54. The normalized spacial score (nSPS) is 12.1. The highest BCUT2D eigenvalue weighted by Gasteiger charge is 2.19. The molecule has 0 aliphatic rings. The molecule has 4 aromatic heterocycles. The van der Waals surface area contributed by atoms with Crippen molar-refractivity contribution in [2.24, 2.45) is 0 Å². The summed E-state index contributed by atoms with van der Waals surface area (Å²) in [5.41, 5.74) is 17.2. The van der Waals surface area contributed by atoms with Crippen LogP contribution in [0.4, 0.5) is 0 Å². The van der Waals surface area contributed by atoms with Crippen molar-refractivity contribution >= 4 is 87.5 Å². The van der Waals surface area contributed by atoms with Crippen molar-refractivity contribution < 1.29 is 8.83 Å². The summed E-state index contributed by atoms with van der Waals surface area (Å²) in [6.45, 7) is 0. The number of benzene rings is 10. The smallest absolute Gasteiger partial charge is 0.143 e. The number of para-hydroxylation sites is 6. The molecule has 0 bridgehead atoms. The molecule has 0 unspecified atom stereocenters. The van der Waals surface area contributed by atoms with E-state index < -0.39 is 0 Å². The first-order valence-electron chi connectivity index (χ1n) is 21.8. The molecule has 0 fully saturated rings. The SMILES string of the molecule is c1ccc(-n2c3ccccc3c3ccc(-c4ccc5c6cc(-c7cccc8c7oc7ccccc78)ccc6n(-c6ccc(-c7cccc8c7oc7ccccc78)cc6)c5c4)cc32)cc1. The molecule has 14 aromatic rings. The lowest BCUT2D eigenvalue weighted by Crippen LogP contribution is -1.95. The highest BCUT2D eigenvalue weighted by molar-refractivity contribution is 6.15. The Morgan fingerprint density at radius 1 is 0.250 bits per heavy atom. The quantitative estimate of drug-likeness (QED) is 0.173. The Labute approximate surface area is 367 Å². The second-order valence-electron chi connectivity index (χ2n) is 16.8. The van der Waals surface area contributed by atoms with Crippen LogP contribution in [0.25, 0.3) is 132 Å².